The lowest BCUT2D eigenvalue weighted by molar-refractivity contribution is 0.127. The first-order chi connectivity index (χ1) is 12.3. The lowest BCUT2D eigenvalue weighted by atomic mass is 10.2. The maximum Gasteiger partial charge on any atom is 0.414 e. The van der Waals surface area contributed by atoms with Gasteiger partial charge in [-0.05, 0) is 30.4 Å². The summed E-state index contributed by atoms with van der Waals surface area (Å²) in [6.45, 7) is 1.52. The minimum Gasteiger partial charge on any atom is -0.487 e. The van der Waals surface area contributed by atoms with E-state index in [9.17, 15) is 14.3 Å². The Morgan fingerprint density at radius 1 is 1.50 bits per heavy atom. The zero-order valence-electron chi connectivity index (χ0n) is 14.4. The molecule has 0 aliphatic carbocycles. The van der Waals surface area contributed by atoms with Crippen molar-refractivity contribution in [2.75, 3.05) is 50.2 Å². The highest BCUT2D eigenvalue weighted by Gasteiger charge is 2.34. The van der Waals surface area contributed by atoms with Gasteiger partial charge in [-0.3, -0.25) is 4.90 Å². The molecular formula is C16H19FN4O3S2. The van der Waals surface area contributed by atoms with Crippen LogP contribution in [0.3, 0.4) is 0 Å². The van der Waals surface area contributed by atoms with E-state index < -0.39 is 18.0 Å². The highest BCUT2D eigenvalue weighted by Crippen LogP contribution is 2.29. The van der Waals surface area contributed by atoms with Crippen LogP contribution in [0.15, 0.2) is 18.2 Å². The van der Waals surface area contributed by atoms with Gasteiger partial charge >= 0.3 is 6.09 Å². The second-order valence-electron chi connectivity index (χ2n) is 6.35. The van der Waals surface area contributed by atoms with Crippen molar-refractivity contribution in [3.8, 4) is 0 Å². The Morgan fingerprint density at radius 3 is 2.81 bits per heavy atom. The van der Waals surface area contributed by atoms with Crippen LogP contribution in [-0.4, -0.2) is 77.7 Å². The molecule has 1 amide bonds. The Bertz CT molecular complexity index is 763. The number of halogens is 1. The molecular weight excluding hydrogens is 379 g/mol. The molecule has 7 nitrogen and oxygen atoms in total. The molecule has 0 saturated carbocycles. The van der Waals surface area contributed by atoms with E-state index in [-0.39, 0.29) is 18.3 Å². The van der Waals surface area contributed by atoms with Gasteiger partial charge in [0.2, 0.25) is 0 Å². The Hall–Kier alpha value is -2.20. The van der Waals surface area contributed by atoms with Crippen LogP contribution in [0.5, 0.6) is 0 Å². The number of aliphatic hydroxyl groups is 1. The smallest absolute Gasteiger partial charge is 0.414 e. The molecule has 2 aliphatic rings. The molecule has 2 fully saturated rings. The van der Waals surface area contributed by atoms with E-state index >= 15 is 0 Å². The Morgan fingerprint density at radius 2 is 2.23 bits per heavy atom. The summed E-state index contributed by atoms with van der Waals surface area (Å²) in [6.07, 6.45) is -1.02. The SMILES string of the molecule is CN(C[C@@H]1CN(c2ccc(N3CC(=S)N(C)C3)c(F)c2)C(=O)O1)C(O)=S. The minimum atomic E-state index is -0.554. The Balaban J connectivity index is 1.72. The van der Waals surface area contributed by atoms with Gasteiger partial charge in [-0.15, -0.1) is 0 Å². The number of carbonyl (C=O) groups is 1. The van der Waals surface area contributed by atoms with Crippen molar-refractivity contribution in [3.05, 3.63) is 24.0 Å². The van der Waals surface area contributed by atoms with E-state index in [0.717, 1.165) is 4.99 Å². The summed E-state index contributed by atoms with van der Waals surface area (Å²) in [4.78, 5) is 19.4. The fraction of sp³-hybridized carbons (Fsp3) is 0.438. The number of carbonyl (C=O) groups excluding carboxylic acids is 1. The number of anilines is 2. The van der Waals surface area contributed by atoms with Crippen LogP contribution in [0.1, 0.15) is 0 Å². The molecule has 1 aromatic rings. The number of nitrogens with zero attached hydrogens (tertiary/aromatic N) is 4. The average molecular weight is 398 g/mol. The van der Waals surface area contributed by atoms with Crippen molar-refractivity contribution in [2.45, 2.75) is 6.10 Å². The number of benzene rings is 1. The van der Waals surface area contributed by atoms with Gasteiger partial charge in [-0.2, -0.15) is 0 Å². The van der Waals surface area contributed by atoms with Crippen molar-refractivity contribution in [3.63, 3.8) is 0 Å². The summed E-state index contributed by atoms with van der Waals surface area (Å²) in [6, 6.07) is 4.65. The topological polar surface area (TPSA) is 59.5 Å². The number of likely N-dealkylation sites (N-methyl/N-ethyl adjacent to an activating group) is 2. The molecule has 1 N–H and O–H groups in total. The summed E-state index contributed by atoms with van der Waals surface area (Å²) in [5.74, 6) is -0.425. The second-order valence-corrected chi connectivity index (χ2v) is 7.18. The Labute approximate surface area is 161 Å². The largest absolute Gasteiger partial charge is 0.487 e. The maximum absolute atomic E-state index is 14.6. The molecule has 1 atom stereocenters. The van der Waals surface area contributed by atoms with E-state index in [1.807, 2.05) is 16.8 Å². The molecule has 1 aromatic carbocycles. The molecule has 2 heterocycles. The molecule has 0 spiro atoms. The van der Waals surface area contributed by atoms with Gasteiger partial charge in [0.15, 0.2) is 0 Å². The van der Waals surface area contributed by atoms with E-state index in [4.69, 9.17) is 17.0 Å². The third-order valence-corrected chi connectivity index (χ3v) is 5.15. The number of hydrogen-bond donors (Lipinski definition) is 1. The molecule has 0 unspecified atom stereocenters. The zero-order valence-corrected chi connectivity index (χ0v) is 16.0. The molecule has 2 saturated heterocycles. The van der Waals surface area contributed by atoms with Gasteiger partial charge in [0.1, 0.15) is 11.9 Å². The van der Waals surface area contributed by atoms with E-state index in [2.05, 4.69) is 12.2 Å². The normalized spacial score (nSPS) is 20.0. The average Bonchev–Trinajstić information content (AvgIpc) is 3.09. The van der Waals surface area contributed by atoms with Crippen LogP contribution >= 0.6 is 24.4 Å². The first-order valence-electron chi connectivity index (χ1n) is 7.97. The van der Waals surface area contributed by atoms with E-state index in [1.165, 1.54) is 15.9 Å². The first-order valence-corrected chi connectivity index (χ1v) is 8.78. The molecule has 26 heavy (non-hydrogen) atoms. The number of ether oxygens (including phenoxy) is 1. The summed E-state index contributed by atoms with van der Waals surface area (Å²) in [5.41, 5.74) is 0.859. The molecule has 3 rings (SSSR count). The van der Waals surface area contributed by atoms with Gasteiger partial charge in [0, 0.05) is 14.1 Å². The van der Waals surface area contributed by atoms with Gasteiger partial charge in [0.25, 0.3) is 5.17 Å². The second kappa shape index (κ2) is 7.20. The van der Waals surface area contributed by atoms with Crippen molar-refractivity contribution < 1.29 is 19.0 Å². The summed E-state index contributed by atoms with van der Waals surface area (Å²) < 4.78 is 19.9. The standard InChI is InChI=1S/C16H19FN4O3S2/c1-18(16(23)26)6-11-7-21(15(22)24-11)10-3-4-13(12(17)5-10)20-8-14(25)19(2)9-20/h3-5,11H,6-9H2,1-2H3,(H,23,26)/t11-/m1/s1. The van der Waals surface area contributed by atoms with Crippen molar-refractivity contribution >= 4 is 52.1 Å². The molecule has 2 aliphatic heterocycles. The molecule has 0 bridgehead atoms. The van der Waals surface area contributed by atoms with Gasteiger partial charge in [-0.1, -0.05) is 12.2 Å². The number of hydrogen-bond acceptors (Lipinski definition) is 5. The minimum absolute atomic E-state index is 0.251. The fourth-order valence-electron chi connectivity index (χ4n) is 2.96. The van der Waals surface area contributed by atoms with Gasteiger partial charge < -0.3 is 24.5 Å². The van der Waals surface area contributed by atoms with Crippen LogP contribution in [0.2, 0.25) is 0 Å². The third kappa shape index (κ3) is 3.65. The van der Waals surface area contributed by atoms with Crippen LogP contribution in [0.4, 0.5) is 20.6 Å². The molecule has 0 radical (unpaired) electrons. The van der Waals surface area contributed by atoms with Crippen molar-refractivity contribution in [1.29, 1.82) is 0 Å². The highest BCUT2D eigenvalue weighted by molar-refractivity contribution is 7.80. The monoisotopic (exact) mass is 398 g/mol. The van der Waals surface area contributed by atoms with Crippen molar-refractivity contribution in [2.24, 2.45) is 0 Å². The van der Waals surface area contributed by atoms with Crippen LogP contribution in [-0.2, 0) is 4.74 Å². The van der Waals surface area contributed by atoms with Crippen LogP contribution in [0, 0.1) is 5.82 Å². The van der Waals surface area contributed by atoms with Crippen LogP contribution in [0.25, 0.3) is 0 Å². The third-order valence-electron chi connectivity index (χ3n) is 4.40. The lowest BCUT2D eigenvalue weighted by Gasteiger charge is -2.20. The zero-order chi connectivity index (χ0) is 19.0. The van der Waals surface area contributed by atoms with E-state index in [1.54, 1.807) is 19.2 Å². The fourth-order valence-corrected chi connectivity index (χ4v) is 3.25. The molecule has 10 heteroatoms. The lowest BCUT2D eigenvalue weighted by Crippen LogP contribution is -2.35. The maximum atomic E-state index is 14.6. The van der Waals surface area contributed by atoms with Crippen LogP contribution < -0.4 is 9.80 Å². The summed E-state index contributed by atoms with van der Waals surface area (Å²) in [5, 5.41) is 9.00. The van der Waals surface area contributed by atoms with Gasteiger partial charge in [0.05, 0.1) is 42.7 Å². The highest BCUT2D eigenvalue weighted by atomic mass is 32.1. The number of thiocarbonyl (C=S) groups is 2. The predicted octanol–water partition coefficient (Wildman–Crippen LogP) is 1.96. The number of cyclic esters (lactones) is 1. The first kappa shape index (κ1) is 18.6. The molecule has 140 valence electrons. The van der Waals surface area contributed by atoms with Crippen molar-refractivity contribution in [1.82, 2.24) is 9.80 Å². The van der Waals surface area contributed by atoms with E-state index in [0.29, 0.717) is 24.6 Å². The molecule has 0 aromatic heterocycles. The number of amides is 1. The quantitative estimate of drug-likeness (QED) is 0.773. The van der Waals surface area contributed by atoms with Gasteiger partial charge in [-0.25, -0.2) is 9.18 Å². The summed E-state index contributed by atoms with van der Waals surface area (Å²) in [7, 11) is 3.47. The number of aliphatic hydroxyl groups excluding tert-OH is 1. The number of rotatable bonds is 4. The summed E-state index contributed by atoms with van der Waals surface area (Å²) >= 11 is 9.88. The predicted molar refractivity (Wildman–Crippen MR) is 104 cm³/mol. The Kier molecular flexibility index (Phi) is 5.15.